The van der Waals surface area contributed by atoms with Crippen LogP contribution >= 0.6 is 50.2 Å². The number of hydrogen-bond acceptors (Lipinski definition) is 5. The van der Waals surface area contributed by atoms with Gasteiger partial charge in [0.15, 0.2) is 0 Å². The molecule has 1 atom stereocenters. The Balaban J connectivity index is 2.25. The number of halogens is 2. The van der Waals surface area contributed by atoms with Crippen LogP contribution in [0.1, 0.15) is 41.4 Å². The first-order chi connectivity index (χ1) is 10.0. The Bertz CT molecular complexity index is 566. The van der Waals surface area contributed by atoms with Crippen molar-refractivity contribution in [2.45, 2.75) is 25.8 Å². The fourth-order valence-electron chi connectivity index (χ4n) is 1.82. The first-order valence-corrected chi connectivity index (χ1v) is 9.52. The maximum atomic E-state index is 6.18. The minimum atomic E-state index is 0.0615. The third kappa shape index (κ3) is 4.50. The molecule has 7 heteroatoms. The molecule has 2 aromatic rings. The monoisotopic (exact) mass is 408 g/mol. The lowest BCUT2D eigenvalue weighted by Crippen LogP contribution is -2.25. The van der Waals surface area contributed by atoms with E-state index in [-0.39, 0.29) is 6.04 Å². The average molecular weight is 410 g/mol. The third-order valence-electron chi connectivity index (χ3n) is 2.98. The molecule has 0 aromatic carbocycles. The van der Waals surface area contributed by atoms with Crippen LogP contribution in [-0.4, -0.2) is 25.2 Å². The topological polar surface area (TPSA) is 34.1 Å². The molecule has 0 aliphatic rings. The molecule has 0 radical (unpaired) electrons. The number of rotatable bonds is 7. The predicted molar refractivity (Wildman–Crippen MR) is 95.0 cm³/mol. The van der Waals surface area contributed by atoms with Gasteiger partial charge in [0, 0.05) is 28.4 Å². The fourth-order valence-corrected chi connectivity index (χ4v) is 4.78. The van der Waals surface area contributed by atoms with Gasteiger partial charge < -0.3 is 10.1 Å². The Morgan fingerprint density at radius 1 is 1.48 bits per heavy atom. The number of nitrogens with zero attached hydrogens (tertiary/aromatic N) is 1. The van der Waals surface area contributed by atoms with Crippen LogP contribution in [-0.2, 0) is 4.74 Å². The molecule has 2 rings (SSSR count). The Morgan fingerprint density at radius 2 is 2.24 bits per heavy atom. The van der Waals surface area contributed by atoms with E-state index >= 15 is 0 Å². The zero-order valence-electron chi connectivity index (χ0n) is 12.2. The molecule has 116 valence electrons. The molecule has 0 saturated heterocycles. The van der Waals surface area contributed by atoms with Crippen LogP contribution in [0.3, 0.4) is 0 Å². The second-order valence-electron chi connectivity index (χ2n) is 4.92. The first-order valence-electron chi connectivity index (χ1n) is 6.65. The van der Waals surface area contributed by atoms with Crippen molar-refractivity contribution in [1.29, 1.82) is 0 Å². The lowest BCUT2D eigenvalue weighted by Gasteiger charge is -2.14. The maximum Gasteiger partial charge on any atom is 0.115 e. The van der Waals surface area contributed by atoms with Gasteiger partial charge in [0.2, 0.25) is 0 Å². The average Bonchev–Trinajstić information content (AvgIpc) is 3.03. The van der Waals surface area contributed by atoms with Crippen LogP contribution in [0, 0.1) is 0 Å². The van der Waals surface area contributed by atoms with E-state index < -0.39 is 0 Å². The van der Waals surface area contributed by atoms with Crippen molar-refractivity contribution in [2.75, 3.05) is 20.3 Å². The largest absolute Gasteiger partial charge is 0.383 e. The Labute approximate surface area is 146 Å². The standard InChI is InChI=1S/C14H18BrClN2OS2/c1-8(2)10-7-20-14(18-10)12(17-4-5-19-3)11-6-9(15)13(16)21-11/h6-8,12,17H,4-5H2,1-3H3. The maximum absolute atomic E-state index is 6.18. The molecule has 2 heterocycles. The summed E-state index contributed by atoms with van der Waals surface area (Å²) >= 11 is 12.9. The van der Waals surface area contributed by atoms with Crippen LogP contribution in [0.5, 0.6) is 0 Å². The van der Waals surface area contributed by atoms with E-state index in [1.165, 1.54) is 0 Å². The molecule has 0 aliphatic carbocycles. The first kappa shape index (κ1) is 17.4. The molecule has 1 unspecified atom stereocenters. The molecule has 0 fully saturated rings. The second kappa shape index (κ2) is 8.04. The van der Waals surface area contributed by atoms with Crippen LogP contribution < -0.4 is 5.32 Å². The van der Waals surface area contributed by atoms with Gasteiger partial charge in [-0.05, 0) is 27.9 Å². The number of thiazole rings is 1. The summed E-state index contributed by atoms with van der Waals surface area (Å²) in [5.41, 5.74) is 1.13. The summed E-state index contributed by atoms with van der Waals surface area (Å²) in [7, 11) is 1.70. The molecule has 0 aliphatic heterocycles. The van der Waals surface area contributed by atoms with E-state index in [0.29, 0.717) is 12.5 Å². The van der Waals surface area contributed by atoms with Crippen molar-refractivity contribution in [3.63, 3.8) is 0 Å². The number of aromatic nitrogens is 1. The van der Waals surface area contributed by atoms with Crippen LogP contribution in [0.4, 0.5) is 0 Å². The molecule has 0 amide bonds. The van der Waals surface area contributed by atoms with Crippen molar-refractivity contribution in [2.24, 2.45) is 0 Å². The summed E-state index contributed by atoms with van der Waals surface area (Å²) in [5.74, 6) is 0.438. The lowest BCUT2D eigenvalue weighted by atomic mass is 10.1. The van der Waals surface area contributed by atoms with Gasteiger partial charge in [-0.15, -0.1) is 22.7 Å². The zero-order valence-corrected chi connectivity index (χ0v) is 16.1. The summed E-state index contributed by atoms with van der Waals surface area (Å²) in [5, 5.41) is 6.70. The van der Waals surface area contributed by atoms with Crippen molar-refractivity contribution in [3.8, 4) is 0 Å². The number of ether oxygens (including phenoxy) is 1. The molecular formula is C14H18BrClN2OS2. The van der Waals surface area contributed by atoms with Gasteiger partial charge in [-0.3, -0.25) is 0 Å². The molecule has 3 nitrogen and oxygen atoms in total. The SMILES string of the molecule is COCCNC(c1cc(Br)c(Cl)s1)c1nc(C(C)C)cs1. The summed E-state index contributed by atoms with van der Waals surface area (Å²) in [6.07, 6.45) is 0. The smallest absolute Gasteiger partial charge is 0.115 e. The minimum Gasteiger partial charge on any atom is -0.383 e. The zero-order chi connectivity index (χ0) is 15.4. The van der Waals surface area contributed by atoms with E-state index in [9.17, 15) is 0 Å². The van der Waals surface area contributed by atoms with Gasteiger partial charge in [-0.25, -0.2) is 4.98 Å². The number of methoxy groups -OCH3 is 1. The van der Waals surface area contributed by atoms with Gasteiger partial charge in [0.1, 0.15) is 9.34 Å². The van der Waals surface area contributed by atoms with Crippen molar-refractivity contribution in [1.82, 2.24) is 10.3 Å². The van der Waals surface area contributed by atoms with Gasteiger partial charge in [0.05, 0.1) is 18.3 Å². The Kier molecular flexibility index (Phi) is 6.65. The Morgan fingerprint density at radius 3 is 2.76 bits per heavy atom. The second-order valence-corrected chi connectivity index (χ2v) is 8.35. The van der Waals surface area contributed by atoms with Crippen molar-refractivity contribution >= 4 is 50.2 Å². The quantitative estimate of drug-likeness (QED) is 0.648. The Hall–Kier alpha value is 0.0200. The molecule has 1 N–H and O–H groups in total. The van der Waals surface area contributed by atoms with E-state index in [2.05, 4.69) is 46.5 Å². The normalized spacial score (nSPS) is 13.0. The van der Waals surface area contributed by atoms with Crippen LogP contribution in [0.15, 0.2) is 15.9 Å². The fraction of sp³-hybridized carbons (Fsp3) is 0.500. The number of thiophene rings is 1. The van der Waals surface area contributed by atoms with Gasteiger partial charge in [-0.1, -0.05) is 25.4 Å². The molecular weight excluding hydrogens is 392 g/mol. The number of nitrogens with one attached hydrogen (secondary N) is 1. The molecule has 0 spiro atoms. The van der Waals surface area contributed by atoms with E-state index in [0.717, 1.165) is 30.9 Å². The summed E-state index contributed by atoms with van der Waals surface area (Å²) < 4.78 is 6.83. The van der Waals surface area contributed by atoms with E-state index in [4.69, 9.17) is 21.3 Å². The van der Waals surface area contributed by atoms with Crippen molar-refractivity contribution < 1.29 is 4.74 Å². The highest BCUT2D eigenvalue weighted by Crippen LogP contribution is 2.38. The summed E-state index contributed by atoms with van der Waals surface area (Å²) in [6, 6.07) is 2.12. The molecule has 0 bridgehead atoms. The van der Waals surface area contributed by atoms with E-state index in [1.54, 1.807) is 29.8 Å². The highest BCUT2D eigenvalue weighted by Gasteiger charge is 2.21. The molecule has 21 heavy (non-hydrogen) atoms. The third-order valence-corrected chi connectivity index (χ3v) is 6.45. The predicted octanol–water partition coefficient (Wildman–Crippen LogP) is 5.07. The summed E-state index contributed by atoms with van der Waals surface area (Å²) in [4.78, 5) is 5.93. The number of hydrogen-bond donors (Lipinski definition) is 1. The van der Waals surface area contributed by atoms with Gasteiger partial charge in [0.25, 0.3) is 0 Å². The molecule has 2 aromatic heterocycles. The lowest BCUT2D eigenvalue weighted by molar-refractivity contribution is 0.197. The van der Waals surface area contributed by atoms with Gasteiger partial charge in [-0.2, -0.15) is 0 Å². The van der Waals surface area contributed by atoms with E-state index in [1.807, 2.05) is 0 Å². The van der Waals surface area contributed by atoms with Crippen molar-refractivity contribution in [3.05, 3.63) is 35.8 Å². The molecule has 0 saturated carbocycles. The highest BCUT2D eigenvalue weighted by molar-refractivity contribution is 9.10. The highest BCUT2D eigenvalue weighted by atomic mass is 79.9. The summed E-state index contributed by atoms with van der Waals surface area (Å²) in [6.45, 7) is 5.75. The minimum absolute atomic E-state index is 0.0615. The van der Waals surface area contributed by atoms with Gasteiger partial charge >= 0.3 is 0 Å². The van der Waals surface area contributed by atoms with Crippen LogP contribution in [0.2, 0.25) is 4.34 Å². The van der Waals surface area contributed by atoms with Crippen LogP contribution in [0.25, 0.3) is 0 Å².